The van der Waals surface area contributed by atoms with E-state index in [-0.39, 0.29) is 10.2 Å². The molecule has 0 bridgehead atoms. The Hall–Kier alpha value is -2.07. The average Bonchev–Trinajstić information content (AvgIpc) is 3.26. The van der Waals surface area contributed by atoms with Crippen molar-refractivity contribution in [3.8, 4) is 0 Å². The van der Waals surface area contributed by atoms with Gasteiger partial charge in [-0.2, -0.15) is 8.42 Å². The molecule has 0 saturated carbocycles. The van der Waals surface area contributed by atoms with Gasteiger partial charge in [0, 0.05) is 40.4 Å². The van der Waals surface area contributed by atoms with E-state index in [1.807, 2.05) is 12.1 Å². The minimum absolute atomic E-state index is 0.0319. The lowest BCUT2D eigenvalue weighted by Gasteiger charge is -2.12. The third kappa shape index (κ3) is 2.43. The van der Waals surface area contributed by atoms with Gasteiger partial charge in [0.2, 0.25) is 0 Å². The number of nitrogens with one attached hydrogen (secondary N) is 3. The van der Waals surface area contributed by atoms with Crippen LogP contribution in [-0.2, 0) is 23.0 Å². The Morgan fingerprint density at radius 2 is 2.23 bits per heavy atom. The second-order valence-corrected chi connectivity index (χ2v) is 8.97. The summed E-state index contributed by atoms with van der Waals surface area (Å²) >= 11 is 7.40. The molecule has 7 nitrogen and oxygen atoms in total. The van der Waals surface area contributed by atoms with E-state index in [0.717, 1.165) is 36.1 Å². The van der Waals surface area contributed by atoms with Crippen LogP contribution in [0.15, 0.2) is 34.8 Å². The van der Waals surface area contributed by atoms with Gasteiger partial charge in [-0.15, -0.1) is 11.3 Å². The normalized spacial score (nSPS) is 14.8. The second-order valence-electron chi connectivity index (χ2n) is 6.14. The van der Waals surface area contributed by atoms with Crippen molar-refractivity contribution in [3.05, 3.63) is 46.2 Å². The van der Waals surface area contributed by atoms with Gasteiger partial charge in [0.1, 0.15) is 0 Å². The van der Waals surface area contributed by atoms with E-state index in [1.165, 1.54) is 21.3 Å². The predicted molar refractivity (Wildman–Crippen MR) is 103 cm³/mol. The van der Waals surface area contributed by atoms with Crippen molar-refractivity contribution in [2.75, 3.05) is 11.3 Å². The highest BCUT2D eigenvalue weighted by molar-refractivity contribution is 7.92. The number of benzene rings is 1. The topological polar surface area (TPSA) is 91.3 Å². The van der Waals surface area contributed by atoms with Gasteiger partial charge in [-0.05, 0) is 36.7 Å². The second kappa shape index (κ2) is 5.71. The molecule has 3 N–H and O–H groups in total. The van der Waals surface area contributed by atoms with Crippen molar-refractivity contribution < 1.29 is 8.42 Å². The van der Waals surface area contributed by atoms with Crippen molar-refractivity contribution in [1.82, 2.24) is 19.7 Å². The lowest BCUT2D eigenvalue weighted by atomic mass is 10.0. The highest BCUT2D eigenvalue weighted by Crippen LogP contribution is 2.30. The smallest absolute Gasteiger partial charge is 0.281 e. The standard InChI is InChI=1S/C16H14ClN5O2S2/c17-14-15(22-5-6-25-16(22)20-14)26(23,24)21-9-1-2-12-11(7-9)10-3-4-18-8-13(10)19-12/h1-2,5-7,18-19,21H,3-4,8H2. The summed E-state index contributed by atoms with van der Waals surface area (Å²) in [5, 5.41) is 6.06. The Balaban J connectivity index is 1.58. The van der Waals surface area contributed by atoms with E-state index in [0.29, 0.717) is 10.6 Å². The molecule has 0 radical (unpaired) electrons. The van der Waals surface area contributed by atoms with Crippen LogP contribution in [0.3, 0.4) is 0 Å². The summed E-state index contributed by atoms with van der Waals surface area (Å²) in [6.45, 7) is 1.71. The number of thiazole rings is 1. The third-order valence-electron chi connectivity index (χ3n) is 4.53. The lowest BCUT2D eigenvalue weighted by Crippen LogP contribution is -2.23. The summed E-state index contributed by atoms with van der Waals surface area (Å²) in [5.74, 6) is 0. The number of halogens is 1. The molecular weight excluding hydrogens is 394 g/mol. The van der Waals surface area contributed by atoms with Gasteiger partial charge >= 0.3 is 0 Å². The number of hydrogen-bond acceptors (Lipinski definition) is 5. The number of nitrogens with zero attached hydrogens (tertiary/aromatic N) is 2. The number of aromatic amines is 1. The fourth-order valence-corrected chi connectivity index (χ4v) is 5.92. The molecule has 0 atom stereocenters. The quantitative estimate of drug-likeness (QED) is 0.487. The molecule has 5 rings (SSSR count). The van der Waals surface area contributed by atoms with Crippen molar-refractivity contribution in [2.24, 2.45) is 0 Å². The summed E-state index contributed by atoms with van der Waals surface area (Å²) in [5.41, 5.74) is 3.90. The summed E-state index contributed by atoms with van der Waals surface area (Å²) < 4.78 is 29.9. The summed E-state index contributed by atoms with van der Waals surface area (Å²) in [6, 6.07) is 5.51. The van der Waals surface area contributed by atoms with Crippen molar-refractivity contribution in [2.45, 2.75) is 18.0 Å². The largest absolute Gasteiger partial charge is 0.357 e. The first kappa shape index (κ1) is 16.1. The van der Waals surface area contributed by atoms with Crippen molar-refractivity contribution >= 4 is 54.5 Å². The maximum atomic E-state index is 12.9. The van der Waals surface area contributed by atoms with Crippen LogP contribution in [0.25, 0.3) is 15.9 Å². The van der Waals surface area contributed by atoms with E-state index in [9.17, 15) is 8.42 Å². The van der Waals surface area contributed by atoms with Crippen LogP contribution in [-0.4, -0.2) is 29.3 Å². The zero-order valence-corrected chi connectivity index (χ0v) is 15.8. The third-order valence-corrected chi connectivity index (χ3v) is 7.07. The van der Waals surface area contributed by atoms with Crippen LogP contribution >= 0.6 is 22.9 Å². The maximum Gasteiger partial charge on any atom is 0.281 e. The van der Waals surface area contributed by atoms with Gasteiger partial charge in [0.15, 0.2) is 15.1 Å². The molecule has 1 aliphatic heterocycles. The van der Waals surface area contributed by atoms with Gasteiger partial charge < -0.3 is 10.3 Å². The Bertz CT molecular complexity index is 1250. The Morgan fingerprint density at radius 3 is 3.12 bits per heavy atom. The predicted octanol–water partition coefficient (Wildman–Crippen LogP) is 2.98. The van der Waals surface area contributed by atoms with Gasteiger partial charge in [0.05, 0.1) is 0 Å². The molecular formula is C16H14ClN5O2S2. The monoisotopic (exact) mass is 407 g/mol. The van der Waals surface area contributed by atoms with Crippen LogP contribution in [0.1, 0.15) is 11.3 Å². The number of anilines is 1. The SMILES string of the molecule is O=S(=O)(Nc1ccc2[nH]c3c(c2c1)CCNC3)c1c(Cl)nc2sccn12. The molecule has 0 saturated heterocycles. The van der Waals surface area contributed by atoms with Crippen LogP contribution in [0.2, 0.25) is 5.15 Å². The van der Waals surface area contributed by atoms with Crippen LogP contribution in [0, 0.1) is 0 Å². The van der Waals surface area contributed by atoms with Crippen molar-refractivity contribution in [3.63, 3.8) is 0 Å². The van der Waals surface area contributed by atoms with E-state index in [1.54, 1.807) is 17.6 Å². The molecule has 0 spiro atoms. The molecule has 4 aromatic rings. The minimum atomic E-state index is -3.87. The number of sulfonamides is 1. The van der Waals surface area contributed by atoms with E-state index in [4.69, 9.17) is 11.6 Å². The average molecular weight is 408 g/mol. The molecule has 1 aromatic carbocycles. The first-order valence-electron chi connectivity index (χ1n) is 8.01. The number of rotatable bonds is 3. The number of fused-ring (bicyclic) bond motifs is 4. The molecule has 0 fully saturated rings. The Kier molecular flexibility index (Phi) is 3.54. The Morgan fingerprint density at radius 1 is 1.35 bits per heavy atom. The van der Waals surface area contributed by atoms with E-state index in [2.05, 4.69) is 20.0 Å². The van der Waals surface area contributed by atoms with E-state index < -0.39 is 10.0 Å². The Labute approximate surface area is 158 Å². The minimum Gasteiger partial charge on any atom is -0.357 e. The van der Waals surface area contributed by atoms with Crippen LogP contribution in [0.4, 0.5) is 5.69 Å². The molecule has 1 aliphatic rings. The highest BCUT2D eigenvalue weighted by Gasteiger charge is 2.25. The zero-order valence-electron chi connectivity index (χ0n) is 13.4. The summed E-state index contributed by atoms with van der Waals surface area (Å²) in [7, 11) is -3.87. The summed E-state index contributed by atoms with van der Waals surface area (Å²) in [4.78, 5) is 8.03. The molecule has 4 heterocycles. The van der Waals surface area contributed by atoms with E-state index >= 15 is 0 Å². The first-order valence-corrected chi connectivity index (χ1v) is 10.7. The number of hydrogen-bond donors (Lipinski definition) is 3. The van der Waals surface area contributed by atoms with Crippen molar-refractivity contribution in [1.29, 1.82) is 0 Å². The molecule has 0 amide bonds. The number of aromatic nitrogens is 3. The molecule has 0 unspecified atom stereocenters. The van der Waals surface area contributed by atoms with Gasteiger partial charge in [-0.3, -0.25) is 9.12 Å². The maximum absolute atomic E-state index is 12.9. The number of imidazole rings is 1. The molecule has 10 heteroatoms. The first-order chi connectivity index (χ1) is 12.5. The van der Waals surface area contributed by atoms with Gasteiger partial charge in [-0.1, -0.05) is 11.6 Å². The fraction of sp³-hybridized carbons (Fsp3) is 0.188. The van der Waals surface area contributed by atoms with Crippen LogP contribution < -0.4 is 10.0 Å². The highest BCUT2D eigenvalue weighted by atomic mass is 35.5. The molecule has 0 aliphatic carbocycles. The van der Waals surface area contributed by atoms with Gasteiger partial charge in [0.25, 0.3) is 10.0 Å². The summed E-state index contributed by atoms with van der Waals surface area (Å²) in [6.07, 6.45) is 2.56. The zero-order chi connectivity index (χ0) is 17.9. The molecule has 134 valence electrons. The fourth-order valence-electron chi connectivity index (χ4n) is 3.41. The molecule has 26 heavy (non-hydrogen) atoms. The van der Waals surface area contributed by atoms with Crippen LogP contribution in [0.5, 0.6) is 0 Å². The number of H-pyrrole nitrogens is 1. The lowest BCUT2D eigenvalue weighted by molar-refractivity contribution is 0.597. The van der Waals surface area contributed by atoms with Gasteiger partial charge in [-0.25, -0.2) is 4.98 Å². The molecule has 3 aromatic heterocycles.